The van der Waals surface area contributed by atoms with Crippen LogP contribution in [0.15, 0.2) is 47.4 Å². The van der Waals surface area contributed by atoms with E-state index in [2.05, 4.69) is 4.72 Å². The van der Waals surface area contributed by atoms with Gasteiger partial charge in [0.15, 0.2) is 6.61 Å². The lowest BCUT2D eigenvalue weighted by Gasteiger charge is -2.30. The van der Waals surface area contributed by atoms with Crippen LogP contribution < -0.4 is 14.2 Å². The Kier molecular flexibility index (Phi) is 8.62. The SMILES string of the molecule is CCOC(=O)C1CCN(C(=O)COc2ccc(S(=O)(=O)Nc3ccc(OC)cc3)cc2Cl)CC1. The fraction of sp³-hybridized carbons (Fsp3) is 0.391. The molecule has 1 aliphatic heterocycles. The van der Waals surface area contributed by atoms with E-state index in [9.17, 15) is 18.0 Å². The molecule has 1 amide bonds. The van der Waals surface area contributed by atoms with Crippen LogP contribution in [0, 0.1) is 5.92 Å². The smallest absolute Gasteiger partial charge is 0.309 e. The van der Waals surface area contributed by atoms with Crippen LogP contribution in [0.1, 0.15) is 19.8 Å². The number of likely N-dealkylation sites (tertiary alicyclic amines) is 1. The zero-order valence-corrected chi connectivity index (χ0v) is 20.5. The molecule has 1 aliphatic rings. The highest BCUT2D eigenvalue weighted by Crippen LogP contribution is 2.29. The first-order chi connectivity index (χ1) is 16.2. The van der Waals surface area contributed by atoms with E-state index in [4.69, 9.17) is 25.8 Å². The van der Waals surface area contributed by atoms with Crippen molar-refractivity contribution in [2.75, 3.05) is 38.1 Å². The van der Waals surface area contributed by atoms with Gasteiger partial charge in [-0.25, -0.2) is 8.42 Å². The highest BCUT2D eigenvalue weighted by molar-refractivity contribution is 7.92. The summed E-state index contributed by atoms with van der Waals surface area (Å²) in [5.74, 6) is 0.135. The molecule has 0 radical (unpaired) electrons. The fourth-order valence-corrected chi connectivity index (χ4v) is 4.88. The minimum absolute atomic E-state index is 0.0481. The quantitative estimate of drug-likeness (QED) is 0.515. The molecule has 0 aromatic heterocycles. The van der Waals surface area contributed by atoms with Crippen LogP contribution in [-0.4, -0.2) is 58.6 Å². The molecule has 0 bridgehead atoms. The Morgan fingerprint density at radius 1 is 1.12 bits per heavy atom. The molecule has 11 heteroatoms. The highest BCUT2D eigenvalue weighted by Gasteiger charge is 2.28. The van der Waals surface area contributed by atoms with Gasteiger partial charge in [-0.3, -0.25) is 14.3 Å². The summed E-state index contributed by atoms with van der Waals surface area (Å²) in [5.41, 5.74) is 0.370. The molecule has 1 N–H and O–H groups in total. The number of anilines is 1. The van der Waals surface area contributed by atoms with E-state index in [1.807, 2.05) is 0 Å². The molecular formula is C23H27ClN2O7S. The average Bonchev–Trinajstić information content (AvgIpc) is 2.83. The van der Waals surface area contributed by atoms with Crippen molar-refractivity contribution in [2.24, 2.45) is 5.92 Å². The summed E-state index contributed by atoms with van der Waals surface area (Å²) >= 11 is 6.22. The van der Waals surface area contributed by atoms with Crippen molar-refractivity contribution < 1.29 is 32.2 Å². The van der Waals surface area contributed by atoms with E-state index < -0.39 is 10.0 Å². The lowest BCUT2D eigenvalue weighted by atomic mass is 9.97. The number of ether oxygens (including phenoxy) is 3. The first-order valence-electron chi connectivity index (χ1n) is 10.8. The number of benzene rings is 2. The third-order valence-electron chi connectivity index (χ3n) is 5.37. The molecule has 34 heavy (non-hydrogen) atoms. The van der Waals surface area contributed by atoms with Crippen LogP contribution >= 0.6 is 11.6 Å². The van der Waals surface area contributed by atoms with Gasteiger partial charge in [0.05, 0.1) is 29.6 Å². The van der Waals surface area contributed by atoms with Gasteiger partial charge in [0.25, 0.3) is 15.9 Å². The number of hydrogen-bond acceptors (Lipinski definition) is 7. The molecule has 0 atom stereocenters. The zero-order valence-electron chi connectivity index (χ0n) is 19.0. The Hall–Kier alpha value is -2.98. The number of nitrogens with zero attached hydrogens (tertiary/aromatic N) is 1. The summed E-state index contributed by atoms with van der Waals surface area (Å²) in [7, 11) is -2.36. The summed E-state index contributed by atoms with van der Waals surface area (Å²) < 4.78 is 43.4. The summed E-state index contributed by atoms with van der Waals surface area (Å²) in [6, 6.07) is 10.5. The molecule has 184 valence electrons. The van der Waals surface area contributed by atoms with E-state index in [0.29, 0.717) is 44.0 Å². The Morgan fingerprint density at radius 2 is 1.79 bits per heavy atom. The number of carbonyl (C=O) groups is 2. The van der Waals surface area contributed by atoms with Crippen LogP contribution in [0.25, 0.3) is 0 Å². The van der Waals surface area contributed by atoms with Gasteiger partial charge in [-0.15, -0.1) is 0 Å². The number of nitrogens with one attached hydrogen (secondary N) is 1. The summed E-state index contributed by atoms with van der Waals surface area (Å²) in [5, 5.41) is 0.0615. The van der Waals surface area contributed by atoms with E-state index in [0.717, 1.165) is 0 Å². The van der Waals surface area contributed by atoms with Crippen LogP contribution in [0.4, 0.5) is 5.69 Å². The molecule has 2 aromatic carbocycles. The second kappa shape index (κ2) is 11.4. The third kappa shape index (κ3) is 6.54. The van der Waals surface area contributed by atoms with Gasteiger partial charge >= 0.3 is 5.97 Å². The number of esters is 1. The molecular weight excluding hydrogens is 484 g/mol. The topological polar surface area (TPSA) is 111 Å². The number of amides is 1. The second-order valence-electron chi connectivity index (χ2n) is 7.62. The van der Waals surface area contributed by atoms with Gasteiger partial charge in [-0.1, -0.05) is 11.6 Å². The van der Waals surface area contributed by atoms with Crippen molar-refractivity contribution in [2.45, 2.75) is 24.7 Å². The van der Waals surface area contributed by atoms with Crippen molar-refractivity contribution in [3.8, 4) is 11.5 Å². The summed E-state index contributed by atoms with van der Waals surface area (Å²) in [6.45, 7) is 2.73. The minimum atomic E-state index is -3.88. The van der Waals surface area contributed by atoms with Crippen LogP contribution in [-0.2, 0) is 24.3 Å². The Morgan fingerprint density at radius 3 is 2.38 bits per heavy atom. The zero-order chi connectivity index (χ0) is 24.7. The standard InChI is InChI=1S/C23H27ClN2O7S/c1-3-32-23(28)16-10-12-26(13-11-16)22(27)15-33-21-9-8-19(14-20(21)24)34(29,30)25-17-4-6-18(31-2)7-5-17/h4-9,14,16,25H,3,10-13,15H2,1-2H3. The third-order valence-corrected chi connectivity index (χ3v) is 7.05. The van der Waals surface area contributed by atoms with E-state index >= 15 is 0 Å². The van der Waals surface area contributed by atoms with E-state index in [1.54, 1.807) is 36.1 Å². The predicted molar refractivity (Wildman–Crippen MR) is 127 cm³/mol. The molecule has 9 nitrogen and oxygen atoms in total. The highest BCUT2D eigenvalue weighted by atomic mass is 35.5. The number of hydrogen-bond donors (Lipinski definition) is 1. The molecule has 0 aliphatic carbocycles. The van der Waals surface area contributed by atoms with Gasteiger partial charge in [-0.05, 0) is 62.2 Å². The Bertz CT molecular complexity index is 1110. The summed E-state index contributed by atoms with van der Waals surface area (Å²) in [6.07, 6.45) is 1.08. The Balaban J connectivity index is 1.55. The van der Waals surface area contributed by atoms with Gasteiger partial charge < -0.3 is 19.1 Å². The molecule has 1 saturated heterocycles. The predicted octanol–water partition coefficient (Wildman–Crippen LogP) is 3.33. The molecule has 0 spiro atoms. The van der Waals surface area contributed by atoms with Crippen molar-refractivity contribution in [3.63, 3.8) is 0 Å². The van der Waals surface area contributed by atoms with Crippen LogP contribution in [0.3, 0.4) is 0 Å². The average molecular weight is 511 g/mol. The number of methoxy groups -OCH3 is 1. The fourth-order valence-electron chi connectivity index (χ4n) is 3.49. The van der Waals surface area contributed by atoms with E-state index in [-0.39, 0.29) is 40.1 Å². The van der Waals surface area contributed by atoms with Gasteiger partial charge in [0.2, 0.25) is 0 Å². The van der Waals surface area contributed by atoms with E-state index in [1.165, 1.54) is 25.3 Å². The van der Waals surface area contributed by atoms with Crippen molar-refractivity contribution in [1.29, 1.82) is 0 Å². The van der Waals surface area contributed by atoms with Crippen LogP contribution in [0.5, 0.6) is 11.5 Å². The normalized spacial score (nSPS) is 14.4. The van der Waals surface area contributed by atoms with Crippen molar-refractivity contribution >= 4 is 39.2 Å². The Labute approximate surface area is 204 Å². The number of rotatable bonds is 9. The number of halogens is 1. The number of sulfonamides is 1. The molecule has 0 unspecified atom stereocenters. The van der Waals surface area contributed by atoms with Crippen molar-refractivity contribution in [1.82, 2.24) is 4.90 Å². The number of piperidine rings is 1. The lowest BCUT2D eigenvalue weighted by Crippen LogP contribution is -2.42. The first-order valence-corrected chi connectivity index (χ1v) is 12.6. The van der Waals surface area contributed by atoms with Gasteiger partial charge in [-0.2, -0.15) is 0 Å². The van der Waals surface area contributed by atoms with Gasteiger partial charge in [0, 0.05) is 18.8 Å². The van der Waals surface area contributed by atoms with Gasteiger partial charge in [0.1, 0.15) is 11.5 Å². The maximum absolute atomic E-state index is 12.7. The second-order valence-corrected chi connectivity index (χ2v) is 9.71. The monoisotopic (exact) mass is 510 g/mol. The van der Waals surface area contributed by atoms with Crippen LogP contribution in [0.2, 0.25) is 5.02 Å². The maximum atomic E-state index is 12.7. The molecule has 2 aromatic rings. The maximum Gasteiger partial charge on any atom is 0.309 e. The minimum Gasteiger partial charge on any atom is -0.497 e. The van der Waals surface area contributed by atoms with Crippen molar-refractivity contribution in [3.05, 3.63) is 47.5 Å². The molecule has 0 saturated carbocycles. The number of carbonyl (C=O) groups excluding carboxylic acids is 2. The molecule has 3 rings (SSSR count). The molecule has 1 fully saturated rings. The lowest BCUT2D eigenvalue weighted by molar-refractivity contribution is -0.151. The largest absolute Gasteiger partial charge is 0.497 e. The first kappa shape index (κ1) is 25.6. The summed E-state index contributed by atoms with van der Waals surface area (Å²) in [4.78, 5) is 25.9. The molecule has 1 heterocycles.